The molecule has 1 unspecified atom stereocenters. The number of ether oxygens (including phenoxy) is 3. The van der Waals surface area contributed by atoms with Crippen molar-refractivity contribution in [2.45, 2.75) is 56.1 Å². The van der Waals surface area contributed by atoms with Crippen molar-refractivity contribution in [2.75, 3.05) is 32.2 Å². The lowest BCUT2D eigenvalue weighted by Gasteiger charge is -2.33. The van der Waals surface area contributed by atoms with Crippen LogP contribution in [0, 0.1) is 0 Å². The first kappa shape index (κ1) is 34.2. The van der Waals surface area contributed by atoms with Crippen LogP contribution in [-0.4, -0.2) is 65.1 Å². The maximum absolute atomic E-state index is 14.3. The van der Waals surface area contributed by atoms with Crippen LogP contribution in [0.3, 0.4) is 0 Å². The number of hydrogen-bond donors (Lipinski definition) is 1. The molecule has 0 bridgehead atoms. The van der Waals surface area contributed by atoms with Gasteiger partial charge in [0.15, 0.2) is 11.5 Å². The van der Waals surface area contributed by atoms with Gasteiger partial charge in [0.25, 0.3) is 10.0 Å². The lowest BCUT2D eigenvalue weighted by molar-refractivity contribution is -0.139. The van der Waals surface area contributed by atoms with Crippen molar-refractivity contribution in [3.05, 3.63) is 76.3 Å². The van der Waals surface area contributed by atoms with Crippen molar-refractivity contribution in [3.63, 3.8) is 0 Å². The van der Waals surface area contributed by atoms with Crippen LogP contribution in [0.1, 0.15) is 38.2 Å². The number of amides is 2. The van der Waals surface area contributed by atoms with Gasteiger partial charge in [-0.05, 0) is 67.8 Å². The van der Waals surface area contributed by atoms with E-state index in [4.69, 9.17) is 37.4 Å². The van der Waals surface area contributed by atoms with Gasteiger partial charge >= 0.3 is 0 Å². The number of halogens is 2. The number of carbonyl (C=O) groups excluding carboxylic acids is 2. The van der Waals surface area contributed by atoms with Crippen LogP contribution in [0.25, 0.3) is 0 Å². The highest BCUT2D eigenvalue weighted by atomic mass is 35.5. The smallest absolute Gasteiger partial charge is 0.265 e. The fraction of sp³-hybridized carbons (Fsp3) is 0.375. The van der Waals surface area contributed by atoms with Crippen molar-refractivity contribution >= 4 is 50.7 Å². The summed E-state index contributed by atoms with van der Waals surface area (Å²) in [5.74, 6) is -0.253. The molecular weight excluding hydrogens is 641 g/mol. The lowest BCUT2D eigenvalue weighted by Crippen LogP contribution is -2.52. The number of nitrogens with zero attached hydrogens (tertiary/aromatic N) is 2. The summed E-state index contributed by atoms with van der Waals surface area (Å²) in [5.41, 5.74) is 0.755. The molecule has 3 aromatic rings. The molecule has 0 spiro atoms. The number of hydrogen-bond acceptors (Lipinski definition) is 7. The molecule has 0 heterocycles. The van der Waals surface area contributed by atoms with Crippen molar-refractivity contribution in [3.8, 4) is 17.2 Å². The van der Waals surface area contributed by atoms with Crippen molar-refractivity contribution < 1.29 is 32.2 Å². The minimum absolute atomic E-state index is 0.0325. The van der Waals surface area contributed by atoms with Crippen LogP contribution < -0.4 is 23.8 Å². The molecule has 1 fully saturated rings. The van der Waals surface area contributed by atoms with Gasteiger partial charge in [0.2, 0.25) is 11.8 Å². The second kappa shape index (κ2) is 15.1. The van der Waals surface area contributed by atoms with Gasteiger partial charge in [-0.3, -0.25) is 13.9 Å². The molecule has 0 aromatic heterocycles. The second-order valence-electron chi connectivity index (χ2n) is 10.7. The van der Waals surface area contributed by atoms with E-state index in [9.17, 15) is 18.0 Å². The number of benzene rings is 3. The molecule has 3 aromatic carbocycles. The van der Waals surface area contributed by atoms with E-state index < -0.39 is 28.5 Å². The summed E-state index contributed by atoms with van der Waals surface area (Å²) in [4.78, 5) is 28.9. The third kappa shape index (κ3) is 8.14. The summed E-state index contributed by atoms with van der Waals surface area (Å²) in [5, 5.41) is 3.80. The summed E-state index contributed by atoms with van der Waals surface area (Å²) in [6.45, 7) is 0.999. The molecule has 45 heavy (non-hydrogen) atoms. The van der Waals surface area contributed by atoms with Gasteiger partial charge in [-0.2, -0.15) is 0 Å². The van der Waals surface area contributed by atoms with E-state index in [2.05, 4.69) is 5.32 Å². The Labute approximate surface area is 274 Å². The van der Waals surface area contributed by atoms with E-state index in [-0.39, 0.29) is 45.6 Å². The van der Waals surface area contributed by atoms with Gasteiger partial charge < -0.3 is 24.4 Å². The molecule has 0 aliphatic heterocycles. The summed E-state index contributed by atoms with van der Waals surface area (Å²) in [6.07, 6.45) is 3.79. The van der Waals surface area contributed by atoms with E-state index in [1.807, 2.05) is 0 Å². The predicted octanol–water partition coefficient (Wildman–Crippen LogP) is 5.69. The molecule has 0 saturated heterocycles. The van der Waals surface area contributed by atoms with Crippen LogP contribution in [0.15, 0.2) is 65.6 Å². The largest absolute Gasteiger partial charge is 0.495 e. The third-order valence-electron chi connectivity index (χ3n) is 7.77. The maximum Gasteiger partial charge on any atom is 0.265 e. The van der Waals surface area contributed by atoms with Crippen LogP contribution in [-0.2, 0) is 26.2 Å². The first-order chi connectivity index (χ1) is 21.5. The summed E-state index contributed by atoms with van der Waals surface area (Å²) < 4.78 is 45.7. The Morgan fingerprint density at radius 3 is 2.09 bits per heavy atom. The van der Waals surface area contributed by atoms with E-state index >= 15 is 0 Å². The first-order valence-electron chi connectivity index (χ1n) is 14.4. The Hall–Kier alpha value is -3.67. The molecule has 1 saturated carbocycles. The van der Waals surface area contributed by atoms with Gasteiger partial charge in [-0.15, -0.1) is 0 Å². The zero-order valence-electron chi connectivity index (χ0n) is 25.6. The molecular formula is C32H37Cl2N3O7S. The van der Waals surface area contributed by atoms with E-state index in [0.717, 1.165) is 30.0 Å². The Morgan fingerprint density at radius 1 is 0.867 bits per heavy atom. The van der Waals surface area contributed by atoms with Crippen LogP contribution >= 0.6 is 23.2 Å². The third-order valence-corrected chi connectivity index (χ3v) is 10.0. The van der Waals surface area contributed by atoms with Gasteiger partial charge in [0, 0.05) is 28.7 Å². The van der Waals surface area contributed by atoms with Gasteiger partial charge in [0.05, 0.1) is 31.9 Å². The minimum atomic E-state index is -4.44. The Kier molecular flexibility index (Phi) is 11.5. The normalized spacial score (nSPS) is 14.0. The molecule has 1 atom stereocenters. The van der Waals surface area contributed by atoms with Crippen molar-refractivity contribution in [2.24, 2.45) is 0 Å². The number of methoxy groups -OCH3 is 3. The monoisotopic (exact) mass is 677 g/mol. The summed E-state index contributed by atoms with van der Waals surface area (Å²) in [6, 6.07) is 14.6. The molecule has 0 radical (unpaired) electrons. The summed E-state index contributed by atoms with van der Waals surface area (Å²) in [7, 11) is -0.223. The Bertz CT molecular complexity index is 1610. The summed E-state index contributed by atoms with van der Waals surface area (Å²) >= 11 is 12.4. The van der Waals surface area contributed by atoms with Crippen LogP contribution in [0.2, 0.25) is 10.0 Å². The zero-order chi connectivity index (χ0) is 32.7. The highest BCUT2D eigenvalue weighted by Crippen LogP contribution is 2.37. The van der Waals surface area contributed by atoms with E-state index in [1.54, 1.807) is 37.3 Å². The molecule has 4 rings (SSSR count). The fourth-order valence-corrected chi connectivity index (χ4v) is 6.96. The fourth-order valence-electron chi connectivity index (χ4n) is 5.24. The average Bonchev–Trinajstić information content (AvgIpc) is 3.55. The molecule has 10 nitrogen and oxygen atoms in total. The number of rotatable bonds is 13. The standard InChI is InChI=1S/C32H37Cl2N3O7S/c1-21(32(39)35-25-7-5-6-8-25)36(19-22-9-11-23(33)12-10-22)31(38)20-37(27-17-24(34)13-15-28(27)42-2)45(40,41)26-14-16-29(43-3)30(18-26)44-4/h9-18,21,25H,5-8,19-20H2,1-4H3,(H,35,39). The average molecular weight is 679 g/mol. The Morgan fingerprint density at radius 2 is 1.47 bits per heavy atom. The molecule has 2 amide bonds. The highest BCUT2D eigenvalue weighted by molar-refractivity contribution is 7.92. The number of sulfonamides is 1. The second-order valence-corrected chi connectivity index (χ2v) is 13.4. The first-order valence-corrected chi connectivity index (χ1v) is 16.6. The van der Waals surface area contributed by atoms with Gasteiger partial charge in [-0.25, -0.2) is 8.42 Å². The maximum atomic E-state index is 14.3. The molecule has 1 aliphatic rings. The van der Waals surface area contributed by atoms with Gasteiger partial charge in [0.1, 0.15) is 18.3 Å². The number of nitrogens with one attached hydrogen (secondary N) is 1. The minimum Gasteiger partial charge on any atom is -0.495 e. The predicted molar refractivity (Wildman–Crippen MR) is 174 cm³/mol. The molecule has 1 aliphatic carbocycles. The number of carbonyl (C=O) groups is 2. The highest BCUT2D eigenvalue weighted by Gasteiger charge is 2.35. The van der Waals surface area contributed by atoms with E-state index in [1.165, 1.54) is 56.6 Å². The number of anilines is 1. The van der Waals surface area contributed by atoms with Crippen LogP contribution in [0.5, 0.6) is 17.2 Å². The van der Waals surface area contributed by atoms with Crippen LogP contribution in [0.4, 0.5) is 5.69 Å². The molecule has 13 heteroatoms. The molecule has 1 N–H and O–H groups in total. The van der Waals surface area contributed by atoms with Crippen molar-refractivity contribution in [1.82, 2.24) is 10.2 Å². The topological polar surface area (TPSA) is 114 Å². The van der Waals surface area contributed by atoms with Gasteiger partial charge in [-0.1, -0.05) is 48.2 Å². The lowest BCUT2D eigenvalue weighted by atomic mass is 10.1. The quantitative estimate of drug-likeness (QED) is 0.247. The zero-order valence-corrected chi connectivity index (χ0v) is 27.9. The van der Waals surface area contributed by atoms with Crippen molar-refractivity contribution in [1.29, 1.82) is 0 Å². The SMILES string of the molecule is COc1ccc(S(=O)(=O)N(CC(=O)N(Cc2ccc(Cl)cc2)C(C)C(=O)NC2CCCC2)c2cc(Cl)ccc2OC)cc1OC. The van der Waals surface area contributed by atoms with E-state index in [0.29, 0.717) is 16.3 Å². The molecule has 242 valence electrons. The Balaban J connectivity index is 1.77.